The van der Waals surface area contributed by atoms with Crippen molar-refractivity contribution in [3.05, 3.63) is 60.2 Å². The summed E-state index contributed by atoms with van der Waals surface area (Å²) in [6.45, 7) is -0.544. The Hall–Kier alpha value is -3.29. The van der Waals surface area contributed by atoms with Crippen LogP contribution in [0.15, 0.2) is 48.9 Å². The minimum atomic E-state index is -0.880. The van der Waals surface area contributed by atoms with Gasteiger partial charge in [-0.1, -0.05) is 30.3 Å². The summed E-state index contributed by atoms with van der Waals surface area (Å²) in [5.74, 6) is -1.98. The number of carbonyl (C=O) groups excluding carboxylic acids is 3. The van der Waals surface area contributed by atoms with Crippen LogP contribution in [0.2, 0.25) is 0 Å². The summed E-state index contributed by atoms with van der Waals surface area (Å²) in [5, 5.41) is 2.50. The summed E-state index contributed by atoms with van der Waals surface area (Å²) in [7, 11) is 1.24. The van der Waals surface area contributed by atoms with Gasteiger partial charge in [-0.3, -0.25) is 9.78 Å². The average molecular weight is 343 g/mol. The van der Waals surface area contributed by atoms with E-state index in [-0.39, 0.29) is 12.1 Å². The van der Waals surface area contributed by atoms with Gasteiger partial charge in [0.2, 0.25) is 0 Å². The van der Waals surface area contributed by atoms with E-state index in [4.69, 9.17) is 9.47 Å². The fraction of sp³-hybridized carbons (Fsp3) is 0.235. The fourth-order valence-electron chi connectivity index (χ4n) is 2.03. The lowest BCUT2D eigenvalue weighted by Crippen LogP contribution is -2.44. The molecule has 0 saturated carbocycles. The number of hydrogen-bond acceptors (Lipinski definition) is 7. The zero-order valence-corrected chi connectivity index (χ0v) is 13.5. The highest BCUT2D eigenvalue weighted by atomic mass is 16.5. The first-order valence-corrected chi connectivity index (χ1v) is 7.44. The third kappa shape index (κ3) is 5.69. The van der Waals surface area contributed by atoms with E-state index in [1.807, 2.05) is 30.3 Å². The number of benzene rings is 1. The zero-order chi connectivity index (χ0) is 18.1. The summed E-state index contributed by atoms with van der Waals surface area (Å²) in [6, 6.07) is 8.28. The minimum Gasteiger partial charge on any atom is -0.467 e. The SMILES string of the molecule is COC(=O)[C@@H](Cc1ccccc1)NC(=O)COC(=O)c1cnccn1. The van der Waals surface area contributed by atoms with Crippen molar-refractivity contribution in [2.75, 3.05) is 13.7 Å². The summed E-state index contributed by atoms with van der Waals surface area (Å²) in [5.41, 5.74) is 0.846. The summed E-state index contributed by atoms with van der Waals surface area (Å²) < 4.78 is 9.55. The lowest BCUT2D eigenvalue weighted by molar-refractivity contribution is -0.145. The highest BCUT2D eigenvalue weighted by molar-refractivity contribution is 5.90. The number of methoxy groups -OCH3 is 1. The van der Waals surface area contributed by atoms with Crippen molar-refractivity contribution >= 4 is 17.8 Å². The van der Waals surface area contributed by atoms with Crippen molar-refractivity contribution in [1.29, 1.82) is 0 Å². The third-order valence-corrected chi connectivity index (χ3v) is 3.21. The number of esters is 2. The predicted molar refractivity (Wildman–Crippen MR) is 86.4 cm³/mol. The van der Waals surface area contributed by atoms with Gasteiger partial charge < -0.3 is 14.8 Å². The molecule has 1 aromatic heterocycles. The zero-order valence-electron chi connectivity index (χ0n) is 13.5. The van der Waals surface area contributed by atoms with E-state index in [1.165, 1.54) is 25.7 Å². The molecule has 0 saturated heterocycles. The van der Waals surface area contributed by atoms with Crippen molar-refractivity contribution < 1.29 is 23.9 Å². The average Bonchev–Trinajstić information content (AvgIpc) is 2.66. The Labute approximate surface area is 144 Å². The van der Waals surface area contributed by atoms with Crippen LogP contribution in [0, 0.1) is 0 Å². The summed E-state index contributed by atoms with van der Waals surface area (Å²) >= 11 is 0. The van der Waals surface area contributed by atoms with Gasteiger partial charge in [-0.15, -0.1) is 0 Å². The van der Waals surface area contributed by atoms with E-state index in [9.17, 15) is 14.4 Å². The van der Waals surface area contributed by atoms with Crippen molar-refractivity contribution in [3.63, 3.8) is 0 Å². The lowest BCUT2D eigenvalue weighted by Gasteiger charge is -2.16. The first-order valence-electron chi connectivity index (χ1n) is 7.44. The first kappa shape index (κ1) is 18.1. The molecular weight excluding hydrogens is 326 g/mol. The van der Waals surface area contributed by atoms with Crippen LogP contribution < -0.4 is 5.32 Å². The van der Waals surface area contributed by atoms with Gasteiger partial charge in [-0.25, -0.2) is 14.6 Å². The van der Waals surface area contributed by atoms with Crippen molar-refractivity contribution in [2.24, 2.45) is 0 Å². The van der Waals surface area contributed by atoms with Crippen molar-refractivity contribution in [2.45, 2.75) is 12.5 Å². The molecule has 8 heteroatoms. The lowest BCUT2D eigenvalue weighted by atomic mass is 10.1. The Morgan fingerprint density at radius 2 is 1.92 bits per heavy atom. The Balaban J connectivity index is 1.90. The number of rotatable bonds is 7. The molecule has 1 aromatic carbocycles. The van der Waals surface area contributed by atoms with E-state index in [0.717, 1.165) is 5.56 Å². The van der Waals surface area contributed by atoms with Gasteiger partial charge in [-0.05, 0) is 5.56 Å². The van der Waals surface area contributed by atoms with E-state index >= 15 is 0 Å². The predicted octanol–water partition coefficient (Wildman–Crippen LogP) is 0.534. The molecule has 0 aliphatic heterocycles. The van der Waals surface area contributed by atoms with Gasteiger partial charge in [0.15, 0.2) is 12.3 Å². The second-order valence-corrected chi connectivity index (χ2v) is 5.00. The monoisotopic (exact) mass is 343 g/mol. The smallest absolute Gasteiger partial charge is 0.359 e. The molecule has 0 spiro atoms. The topological polar surface area (TPSA) is 107 Å². The maximum absolute atomic E-state index is 12.0. The van der Waals surface area contributed by atoms with Crippen LogP contribution in [0.3, 0.4) is 0 Å². The molecule has 0 radical (unpaired) electrons. The number of nitrogens with one attached hydrogen (secondary N) is 1. The minimum absolute atomic E-state index is 0.0101. The third-order valence-electron chi connectivity index (χ3n) is 3.21. The van der Waals surface area contributed by atoms with E-state index in [2.05, 4.69) is 15.3 Å². The van der Waals surface area contributed by atoms with Gasteiger partial charge >= 0.3 is 11.9 Å². The Morgan fingerprint density at radius 3 is 2.56 bits per heavy atom. The summed E-state index contributed by atoms with van der Waals surface area (Å²) in [4.78, 5) is 43.0. The number of nitrogens with zero attached hydrogens (tertiary/aromatic N) is 2. The number of hydrogen-bond donors (Lipinski definition) is 1. The molecule has 0 bridgehead atoms. The molecule has 2 rings (SSSR count). The molecule has 130 valence electrons. The molecule has 0 aliphatic rings. The molecule has 2 aromatic rings. The molecule has 1 heterocycles. The molecule has 1 atom stereocenters. The molecule has 25 heavy (non-hydrogen) atoms. The van der Waals surface area contributed by atoms with Gasteiger partial charge in [0.05, 0.1) is 13.3 Å². The highest BCUT2D eigenvalue weighted by Gasteiger charge is 2.22. The quantitative estimate of drug-likeness (QED) is 0.731. The van der Waals surface area contributed by atoms with Crippen LogP contribution >= 0.6 is 0 Å². The largest absolute Gasteiger partial charge is 0.467 e. The van der Waals surface area contributed by atoms with Crippen LogP contribution in [0.4, 0.5) is 0 Å². The Kier molecular flexibility index (Phi) is 6.58. The van der Waals surface area contributed by atoms with Crippen LogP contribution in [0.1, 0.15) is 16.1 Å². The fourth-order valence-corrected chi connectivity index (χ4v) is 2.03. The molecule has 0 aliphatic carbocycles. The first-order chi connectivity index (χ1) is 12.1. The van der Waals surface area contributed by atoms with E-state index < -0.39 is 30.5 Å². The molecular formula is C17H17N3O5. The Morgan fingerprint density at radius 1 is 1.16 bits per heavy atom. The molecule has 8 nitrogen and oxygen atoms in total. The number of amides is 1. The van der Waals surface area contributed by atoms with Crippen LogP contribution in [0.5, 0.6) is 0 Å². The second kappa shape index (κ2) is 9.11. The number of carbonyl (C=O) groups is 3. The van der Waals surface area contributed by atoms with Crippen LogP contribution in [-0.2, 0) is 25.5 Å². The molecule has 0 unspecified atom stereocenters. The maximum atomic E-state index is 12.0. The van der Waals surface area contributed by atoms with Crippen molar-refractivity contribution in [1.82, 2.24) is 15.3 Å². The van der Waals surface area contributed by atoms with Gasteiger partial charge in [0.1, 0.15) is 6.04 Å². The van der Waals surface area contributed by atoms with Crippen LogP contribution in [0.25, 0.3) is 0 Å². The number of aromatic nitrogens is 2. The summed E-state index contributed by atoms with van der Waals surface area (Å²) in [6.07, 6.45) is 4.24. The van der Waals surface area contributed by atoms with Gasteiger partial charge in [0.25, 0.3) is 5.91 Å². The van der Waals surface area contributed by atoms with Crippen LogP contribution in [-0.4, -0.2) is 47.6 Å². The Bertz CT molecular complexity index is 722. The van der Waals surface area contributed by atoms with Crippen molar-refractivity contribution in [3.8, 4) is 0 Å². The normalized spacial score (nSPS) is 11.2. The second-order valence-electron chi connectivity index (χ2n) is 5.00. The molecule has 1 amide bonds. The van der Waals surface area contributed by atoms with E-state index in [0.29, 0.717) is 0 Å². The van der Waals surface area contributed by atoms with E-state index in [1.54, 1.807) is 0 Å². The van der Waals surface area contributed by atoms with Gasteiger partial charge in [-0.2, -0.15) is 0 Å². The molecule has 0 fully saturated rings. The van der Waals surface area contributed by atoms with Gasteiger partial charge in [0, 0.05) is 18.8 Å². The number of ether oxygens (including phenoxy) is 2. The molecule has 1 N–H and O–H groups in total. The maximum Gasteiger partial charge on any atom is 0.359 e. The standard InChI is InChI=1S/C17H17N3O5/c1-24-16(22)13(9-12-5-3-2-4-6-12)20-15(21)11-25-17(23)14-10-18-7-8-19-14/h2-8,10,13H,9,11H2,1H3,(H,20,21)/t13-/m1/s1. The highest BCUT2D eigenvalue weighted by Crippen LogP contribution is 2.05.